The van der Waals surface area contributed by atoms with Gasteiger partial charge < -0.3 is 10.1 Å². The zero-order valence-corrected chi connectivity index (χ0v) is 14.8. The quantitative estimate of drug-likeness (QED) is 0.910. The van der Waals surface area contributed by atoms with Crippen molar-refractivity contribution >= 4 is 5.91 Å². The summed E-state index contributed by atoms with van der Waals surface area (Å²) in [5, 5.41) is 7.53. The van der Waals surface area contributed by atoms with E-state index in [1.54, 1.807) is 6.20 Å². The lowest BCUT2D eigenvalue weighted by atomic mass is 10.1. The highest BCUT2D eigenvalue weighted by molar-refractivity contribution is 5.95. The number of carbonyl (C=O) groups is 1. The lowest BCUT2D eigenvalue weighted by Crippen LogP contribution is -2.29. The Morgan fingerprint density at radius 2 is 2.12 bits per heavy atom. The van der Waals surface area contributed by atoms with E-state index in [0.717, 1.165) is 35.4 Å². The van der Waals surface area contributed by atoms with Crippen LogP contribution in [-0.2, 0) is 0 Å². The fourth-order valence-corrected chi connectivity index (χ4v) is 3.34. The summed E-state index contributed by atoms with van der Waals surface area (Å²) in [4.78, 5) is 12.7. The smallest absolute Gasteiger partial charge is 0.255 e. The van der Waals surface area contributed by atoms with Crippen LogP contribution in [0.3, 0.4) is 0 Å². The van der Waals surface area contributed by atoms with E-state index in [2.05, 4.69) is 30.3 Å². The summed E-state index contributed by atoms with van der Waals surface area (Å²) in [6.45, 7) is 8.77. The number of aromatic nitrogens is 2. The van der Waals surface area contributed by atoms with E-state index in [0.29, 0.717) is 18.2 Å². The Bertz CT molecular complexity index is 747. The Morgan fingerprint density at radius 3 is 2.83 bits per heavy atom. The van der Waals surface area contributed by atoms with Gasteiger partial charge in [-0.2, -0.15) is 5.10 Å². The molecular weight excluding hydrogens is 302 g/mol. The van der Waals surface area contributed by atoms with Gasteiger partial charge in [0.15, 0.2) is 0 Å². The summed E-state index contributed by atoms with van der Waals surface area (Å²) < 4.78 is 7.65. The van der Waals surface area contributed by atoms with Gasteiger partial charge in [-0.15, -0.1) is 0 Å². The number of nitrogens with zero attached hydrogens (tertiary/aromatic N) is 2. The maximum absolute atomic E-state index is 12.7. The summed E-state index contributed by atoms with van der Waals surface area (Å²) in [5.74, 6) is 0.767. The third-order valence-corrected chi connectivity index (χ3v) is 4.83. The molecular formula is C19H25N3O2. The van der Waals surface area contributed by atoms with Crippen LogP contribution in [0, 0.1) is 13.8 Å². The summed E-state index contributed by atoms with van der Waals surface area (Å²) in [7, 11) is 0. The Labute approximate surface area is 143 Å². The lowest BCUT2D eigenvalue weighted by Gasteiger charge is -2.16. The van der Waals surface area contributed by atoms with Gasteiger partial charge in [-0.3, -0.25) is 9.48 Å². The molecule has 128 valence electrons. The summed E-state index contributed by atoms with van der Waals surface area (Å²) in [6.07, 6.45) is 3.68. The van der Waals surface area contributed by atoms with Crippen LogP contribution in [0.15, 0.2) is 24.4 Å². The number of carbonyl (C=O) groups excluding carboxylic acids is 1. The topological polar surface area (TPSA) is 56.2 Å². The molecule has 5 heteroatoms. The molecule has 0 radical (unpaired) electrons. The minimum atomic E-state index is -0.108. The molecule has 1 aromatic carbocycles. The normalized spacial score (nSPS) is 16.1. The molecule has 1 N–H and O–H groups in total. The molecule has 2 heterocycles. The summed E-state index contributed by atoms with van der Waals surface area (Å²) in [6, 6.07) is 6.29. The molecule has 0 saturated heterocycles. The van der Waals surface area contributed by atoms with Gasteiger partial charge in [0.05, 0.1) is 23.8 Å². The molecule has 0 fully saturated rings. The van der Waals surface area contributed by atoms with Crippen LogP contribution in [-0.4, -0.2) is 22.3 Å². The summed E-state index contributed by atoms with van der Waals surface area (Å²) >= 11 is 0. The van der Waals surface area contributed by atoms with Crippen LogP contribution in [0.2, 0.25) is 0 Å². The van der Waals surface area contributed by atoms with Gasteiger partial charge in [0, 0.05) is 11.3 Å². The van der Waals surface area contributed by atoms with Crippen molar-refractivity contribution in [1.29, 1.82) is 0 Å². The average Bonchev–Trinajstić information content (AvgIpc) is 3.13. The van der Waals surface area contributed by atoms with E-state index >= 15 is 0 Å². The number of hydrogen-bond donors (Lipinski definition) is 1. The van der Waals surface area contributed by atoms with Gasteiger partial charge >= 0.3 is 0 Å². The molecule has 3 rings (SSSR count). The molecule has 1 aliphatic rings. The second kappa shape index (κ2) is 6.67. The number of aryl methyl sites for hydroxylation is 1. The first-order valence-corrected chi connectivity index (χ1v) is 8.63. The van der Waals surface area contributed by atoms with Crippen LogP contribution in [0.25, 0.3) is 0 Å². The molecule has 5 nitrogen and oxygen atoms in total. The summed E-state index contributed by atoms with van der Waals surface area (Å²) in [5.41, 5.74) is 3.78. The first kappa shape index (κ1) is 16.6. The minimum absolute atomic E-state index is 0.0901. The highest BCUT2D eigenvalue weighted by atomic mass is 16.5. The van der Waals surface area contributed by atoms with Gasteiger partial charge in [0.1, 0.15) is 12.4 Å². The first-order chi connectivity index (χ1) is 11.5. The molecule has 0 saturated carbocycles. The molecule has 1 aromatic heterocycles. The lowest BCUT2D eigenvalue weighted by molar-refractivity contribution is 0.0929. The molecule has 1 atom stereocenters. The van der Waals surface area contributed by atoms with Crippen molar-refractivity contribution in [3.63, 3.8) is 0 Å². The second-order valence-corrected chi connectivity index (χ2v) is 6.44. The number of rotatable bonds is 5. The zero-order valence-electron chi connectivity index (χ0n) is 14.8. The number of hydrogen-bond acceptors (Lipinski definition) is 3. The number of amides is 1. The molecule has 0 bridgehead atoms. The van der Waals surface area contributed by atoms with Crippen LogP contribution in [0.5, 0.6) is 5.75 Å². The fourth-order valence-electron chi connectivity index (χ4n) is 3.34. The molecule has 0 spiro atoms. The Balaban J connectivity index is 1.79. The van der Waals surface area contributed by atoms with Crippen molar-refractivity contribution in [2.24, 2.45) is 0 Å². The Hall–Kier alpha value is -2.30. The number of benzene rings is 1. The molecule has 1 aliphatic heterocycles. The van der Waals surface area contributed by atoms with Crippen molar-refractivity contribution in [2.45, 2.75) is 52.6 Å². The predicted octanol–water partition coefficient (Wildman–Crippen LogP) is 3.72. The minimum Gasteiger partial charge on any atom is -0.491 e. The predicted molar refractivity (Wildman–Crippen MR) is 93.5 cm³/mol. The largest absolute Gasteiger partial charge is 0.491 e. The fraction of sp³-hybridized carbons (Fsp3) is 0.474. The third kappa shape index (κ3) is 2.90. The zero-order chi connectivity index (χ0) is 17.3. The van der Waals surface area contributed by atoms with E-state index in [1.165, 1.54) is 0 Å². The van der Waals surface area contributed by atoms with E-state index in [9.17, 15) is 4.79 Å². The van der Waals surface area contributed by atoms with Crippen LogP contribution in [0.4, 0.5) is 0 Å². The standard InChI is InChI=1S/C19H25N3O2/c1-5-14(6-2)22-13(4)16(10-20-22)19(23)21-17-11-24-18-8-7-12(3)9-15(17)18/h7-10,14,17H,5-6,11H2,1-4H3,(H,21,23). The molecule has 24 heavy (non-hydrogen) atoms. The van der Waals surface area contributed by atoms with Crippen LogP contribution < -0.4 is 10.1 Å². The average molecular weight is 327 g/mol. The van der Waals surface area contributed by atoms with Crippen molar-refractivity contribution in [2.75, 3.05) is 6.61 Å². The number of ether oxygens (including phenoxy) is 1. The van der Waals surface area contributed by atoms with E-state index < -0.39 is 0 Å². The SMILES string of the molecule is CCC(CC)n1ncc(C(=O)NC2COc3ccc(C)cc32)c1C. The van der Waals surface area contributed by atoms with Crippen molar-refractivity contribution < 1.29 is 9.53 Å². The Morgan fingerprint density at radius 1 is 1.38 bits per heavy atom. The monoisotopic (exact) mass is 327 g/mol. The van der Waals surface area contributed by atoms with Crippen molar-refractivity contribution in [3.8, 4) is 5.75 Å². The van der Waals surface area contributed by atoms with Crippen LogP contribution >= 0.6 is 0 Å². The highest BCUT2D eigenvalue weighted by Crippen LogP contribution is 2.33. The maximum Gasteiger partial charge on any atom is 0.255 e. The van der Waals surface area contributed by atoms with Crippen molar-refractivity contribution in [1.82, 2.24) is 15.1 Å². The number of fused-ring (bicyclic) bond motifs is 1. The van der Waals surface area contributed by atoms with E-state index in [-0.39, 0.29) is 11.9 Å². The molecule has 2 aromatic rings. The highest BCUT2D eigenvalue weighted by Gasteiger charge is 2.27. The van der Waals surface area contributed by atoms with Crippen molar-refractivity contribution in [3.05, 3.63) is 46.8 Å². The first-order valence-electron chi connectivity index (χ1n) is 8.63. The van der Waals surface area contributed by atoms with E-state index in [4.69, 9.17) is 4.74 Å². The molecule has 1 unspecified atom stereocenters. The second-order valence-electron chi connectivity index (χ2n) is 6.44. The number of nitrogens with one attached hydrogen (secondary N) is 1. The van der Waals surface area contributed by atoms with E-state index in [1.807, 2.05) is 30.7 Å². The Kier molecular flexibility index (Phi) is 4.60. The molecule has 1 amide bonds. The van der Waals surface area contributed by atoms with Gasteiger partial charge in [-0.25, -0.2) is 0 Å². The van der Waals surface area contributed by atoms with Gasteiger partial charge in [-0.05, 0) is 32.8 Å². The van der Waals surface area contributed by atoms with Crippen LogP contribution in [0.1, 0.15) is 66.0 Å². The maximum atomic E-state index is 12.7. The van der Waals surface area contributed by atoms with Gasteiger partial charge in [-0.1, -0.05) is 31.5 Å². The third-order valence-electron chi connectivity index (χ3n) is 4.83. The van der Waals surface area contributed by atoms with Gasteiger partial charge in [0.2, 0.25) is 0 Å². The molecule has 0 aliphatic carbocycles. The van der Waals surface area contributed by atoms with Gasteiger partial charge in [0.25, 0.3) is 5.91 Å².